The van der Waals surface area contributed by atoms with Crippen molar-refractivity contribution in [1.29, 1.82) is 0 Å². The van der Waals surface area contributed by atoms with E-state index in [1.54, 1.807) is 20.3 Å². The van der Waals surface area contributed by atoms with Gasteiger partial charge in [0.05, 0.1) is 26.7 Å². The van der Waals surface area contributed by atoms with Crippen LogP contribution in [-0.4, -0.2) is 39.6 Å². The molecule has 2 aromatic heterocycles. The zero-order chi connectivity index (χ0) is 20.1. The molecule has 0 spiro atoms. The first-order valence-electron chi connectivity index (χ1n) is 9.19. The molecule has 2 aromatic carbocycles. The van der Waals surface area contributed by atoms with Crippen molar-refractivity contribution in [2.75, 3.05) is 34.5 Å². The fourth-order valence-electron chi connectivity index (χ4n) is 3.98. The highest BCUT2D eigenvalue weighted by Crippen LogP contribution is 2.52. The molecule has 0 radical (unpaired) electrons. The number of fused-ring (bicyclic) bond motifs is 5. The molecule has 1 aliphatic rings. The van der Waals surface area contributed by atoms with Gasteiger partial charge in [0.25, 0.3) is 0 Å². The molecule has 7 nitrogen and oxygen atoms in total. The van der Waals surface area contributed by atoms with E-state index in [4.69, 9.17) is 23.7 Å². The Morgan fingerprint density at radius 3 is 2.31 bits per heavy atom. The van der Waals surface area contributed by atoms with E-state index in [0.717, 1.165) is 21.7 Å². The van der Waals surface area contributed by atoms with Crippen LogP contribution in [0.5, 0.6) is 34.5 Å². The number of methoxy groups -OCH3 is 3. The summed E-state index contributed by atoms with van der Waals surface area (Å²) in [6, 6.07) is 7.59. The maximum atomic E-state index is 10.5. The summed E-state index contributed by atoms with van der Waals surface area (Å²) in [6.45, 7) is 0.888. The van der Waals surface area contributed by atoms with E-state index < -0.39 is 0 Å². The van der Waals surface area contributed by atoms with Gasteiger partial charge in [-0.15, -0.1) is 0 Å². The van der Waals surface area contributed by atoms with Crippen LogP contribution < -0.4 is 28.1 Å². The third-order valence-electron chi connectivity index (χ3n) is 5.27. The van der Waals surface area contributed by atoms with Crippen LogP contribution in [-0.2, 0) is 0 Å². The predicted molar refractivity (Wildman–Crippen MR) is 107 cm³/mol. The van der Waals surface area contributed by atoms with Crippen LogP contribution in [0.25, 0.3) is 27.1 Å². The van der Waals surface area contributed by atoms with Crippen LogP contribution in [0.4, 0.5) is 0 Å². The molecule has 0 saturated carbocycles. The van der Waals surface area contributed by atoms with Gasteiger partial charge in [-0.2, -0.15) is 4.40 Å². The summed E-state index contributed by atoms with van der Waals surface area (Å²) in [5, 5.41) is 13.8. The van der Waals surface area contributed by atoms with Crippen molar-refractivity contribution in [3.05, 3.63) is 36.7 Å². The van der Waals surface area contributed by atoms with Crippen LogP contribution in [0.1, 0.15) is 0 Å². The van der Waals surface area contributed by atoms with Crippen molar-refractivity contribution < 1.29 is 33.2 Å². The molecule has 0 saturated heterocycles. The van der Waals surface area contributed by atoms with Gasteiger partial charge in [0, 0.05) is 17.5 Å². The van der Waals surface area contributed by atoms with E-state index in [2.05, 4.69) is 0 Å². The third kappa shape index (κ3) is 2.40. The number of phenolic OH excluding ortho intramolecular Hbond substituents is 1. The fourth-order valence-corrected chi connectivity index (χ4v) is 3.98. The molecule has 0 unspecified atom stereocenters. The predicted octanol–water partition coefficient (Wildman–Crippen LogP) is 3.23. The Kier molecular flexibility index (Phi) is 3.91. The average molecular weight is 394 g/mol. The summed E-state index contributed by atoms with van der Waals surface area (Å²) < 4.78 is 30.3. The summed E-state index contributed by atoms with van der Waals surface area (Å²) in [5.41, 5.74) is 0.881. The number of pyridine rings is 2. The highest BCUT2D eigenvalue weighted by Gasteiger charge is 2.30. The summed E-state index contributed by atoms with van der Waals surface area (Å²) in [7, 11) is 4.76. The molecule has 148 valence electrons. The Morgan fingerprint density at radius 1 is 0.897 bits per heavy atom. The Balaban J connectivity index is 1.95. The Labute approximate surface area is 166 Å². The maximum Gasteiger partial charge on any atom is 0.223 e. The second kappa shape index (κ2) is 6.48. The van der Waals surface area contributed by atoms with E-state index in [1.165, 1.54) is 7.11 Å². The van der Waals surface area contributed by atoms with E-state index in [-0.39, 0.29) is 5.75 Å². The molecule has 5 rings (SSSR count). The molecule has 0 aliphatic carbocycles. The van der Waals surface area contributed by atoms with Gasteiger partial charge in [-0.25, -0.2) is 0 Å². The number of rotatable bonds is 3. The maximum absolute atomic E-state index is 10.5. The van der Waals surface area contributed by atoms with Gasteiger partial charge in [-0.1, -0.05) is 0 Å². The van der Waals surface area contributed by atoms with Crippen molar-refractivity contribution in [3.63, 3.8) is 0 Å². The average Bonchev–Trinajstić information content (AvgIpc) is 2.76. The van der Waals surface area contributed by atoms with Gasteiger partial charge in [0.1, 0.15) is 18.6 Å². The van der Waals surface area contributed by atoms with E-state index >= 15 is 0 Å². The number of phenols is 1. The van der Waals surface area contributed by atoms with Crippen molar-refractivity contribution >= 4 is 27.1 Å². The Hall–Kier alpha value is -3.61. The molecule has 0 bridgehead atoms. The number of aromatic nitrogens is 1. The first kappa shape index (κ1) is 17.5. The second-order valence-electron chi connectivity index (χ2n) is 6.71. The van der Waals surface area contributed by atoms with Crippen molar-refractivity contribution in [1.82, 2.24) is 0 Å². The first-order chi connectivity index (χ1) is 14.2. The molecule has 0 fully saturated rings. The highest BCUT2D eigenvalue weighted by atomic mass is 16.6. The first-order valence-corrected chi connectivity index (χ1v) is 9.19. The fraction of sp³-hybridized carbons (Fsp3) is 0.227. The Morgan fingerprint density at radius 2 is 1.62 bits per heavy atom. The van der Waals surface area contributed by atoms with Gasteiger partial charge in [0.15, 0.2) is 35.4 Å². The molecule has 0 amide bonds. The SMILES string of the molecule is COc1ccc2cc3c4c(OC)c5c(c(OC)c4cc[n+]3cc2c1O)OCCO5. The van der Waals surface area contributed by atoms with Gasteiger partial charge < -0.3 is 28.8 Å². The smallest absolute Gasteiger partial charge is 0.223 e. The van der Waals surface area contributed by atoms with Gasteiger partial charge >= 0.3 is 0 Å². The number of nitrogens with zero attached hydrogens (tertiary/aromatic N) is 1. The van der Waals surface area contributed by atoms with Crippen LogP contribution in [0.15, 0.2) is 36.7 Å². The second-order valence-corrected chi connectivity index (χ2v) is 6.71. The number of ether oxygens (including phenoxy) is 5. The molecular formula is C22H20NO6+. The monoisotopic (exact) mass is 394 g/mol. The highest BCUT2D eigenvalue weighted by molar-refractivity contribution is 6.07. The van der Waals surface area contributed by atoms with Crippen LogP contribution in [0, 0.1) is 0 Å². The molecule has 29 heavy (non-hydrogen) atoms. The lowest BCUT2D eigenvalue weighted by Gasteiger charge is -2.24. The minimum absolute atomic E-state index is 0.103. The van der Waals surface area contributed by atoms with Gasteiger partial charge in [-0.3, -0.25) is 0 Å². The van der Waals surface area contributed by atoms with E-state index in [0.29, 0.717) is 47.3 Å². The zero-order valence-electron chi connectivity index (χ0n) is 16.3. The van der Waals surface area contributed by atoms with Crippen molar-refractivity contribution in [3.8, 4) is 34.5 Å². The van der Waals surface area contributed by atoms with E-state index in [1.807, 2.05) is 35.0 Å². The normalized spacial score (nSPS) is 13.1. The lowest BCUT2D eigenvalue weighted by atomic mass is 10.0. The molecule has 4 aromatic rings. The number of hydrogen-bond acceptors (Lipinski definition) is 6. The topological polar surface area (TPSA) is 70.5 Å². The molecular weight excluding hydrogens is 374 g/mol. The number of benzene rings is 2. The number of hydrogen-bond donors (Lipinski definition) is 1. The minimum atomic E-state index is 0.103. The molecule has 1 N–H and O–H groups in total. The lowest BCUT2D eigenvalue weighted by molar-refractivity contribution is -0.509. The lowest BCUT2D eigenvalue weighted by Crippen LogP contribution is -2.22. The third-order valence-corrected chi connectivity index (χ3v) is 5.27. The molecule has 7 heteroatoms. The minimum Gasteiger partial charge on any atom is -0.504 e. The van der Waals surface area contributed by atoms with Gasteiger partial charge in [0.2, 0.25) is 17.0 Å². The number of aromatic hydroxyl groups is 1. The van der Waals surface area contributed by atoms with Crippen molar-refractivity contribution in [2.24, 2.45) is 0 Å². The summed E-state index contributed by atoms with van der Waals surface area (Å²) in [4.78, 5) is 0. The summed E-state index contributed by atoms with van der Waals surface area (Å²) in [6.07, 6.45) is 3.78. The summed E-state index contributed by atoms with van der Waals surface area (Å²) in [5.74, 6) is 2.81. The van der Waals surface area contributed by atoms with E-state index in [9.17, 15) is 5.11 Å². The largest absolute Gasteiger partial charge is 0.504 e. The molecule has 3 heterocycles. The zero-order valence-corrected chi connectivity index (χ0v) is 16.3. The Bertz CT molecular complexity index is 1280. The van der Waals surface area contributed by atoms with Crippen LogP contribution >= 0.6 is 0 Å². The van der Waals surface area contributed by atoms with Crippen molar-refractivity contribution in [2.45, 2.75) is 0 Å². The van der Waals surface area contributed by atoms with Gasteiger partial charge in [-0.05, 0) is 17.5 Å². The summed E-state index contributed by atoms with van der Waals surface area (Å²) >= 11 is 0. The van der Waals surface area contributed by atoms with Crippen LogP contribution in [0.3, 0.4) is 0 Å². The molecule has 0 atom stereocenters. The van der Waals surface area contributed by atoms with Crippen LogP contribution in [0.2, 0.25) is 0 Å². The standard InChI is InChI=1S/C22H19NO6/c1-25-16-5-4-12-10-15-17-13(6-7-23(15)11-14(12)18(16)24)19(26-2)21-22(20(17)27-3)29-9-8-28-21/h4-7,10-11H,8-9H2,1-3H3/p+1. The molecule has 1 aliphatic heterocycles. The quantitative estimate of drug-likeness (QED) is 0.327.